The zero-order chi connectivity index (χ0) is 25.6. The van der Waals surface area contributed by atoms with Crippen LogP contribution in [0.1, 0.15) is 31.9 Å². The Hall–Kier alpha value is -2.78. The van der Waals surface area contributed by atoms with Crippen LogP contribution in [0.2, 0.25) is 5.02 Å². The third-order valence-corrected chi connectivity index (χ3v) is 6.83. The number of carbonyl (C=O) groups is 2. The number of anilines is 1. The predicted molar refractivity (Wildman–Crippen MR) is 135 cm³/mol. The fraction of sp³-hybridized carbons (Fsp3) is 0.417. The van der Waals surface area contributed by atoms with Crippen LogP contribution < -0.4 is 14.4 Å². The van der Waals surface area contributed by atoms with Gasteiger partial charge in [-0.3, -0.25) is 13.9 Å². The Kier molecular flexibility index (Phi) is 9.35. The van der Waals surface area contributed by atoms with Crippen molar-refractivity contribution in [2.45, 2.75) is 46.3 Å². The first-order valence-electron chi connectivity index (χ1n) is 10.8. The lowest BCUT2D eigenvalue weighted by Gasteiger charge is -2.32. The first-order chi connectivity index (χ1) is 15.8. The predicted octanol–water partition coefficient (Wildman–Crippen LogP) is 3.36. The zero-order valence-corrected chi connectivity index (χ0v) is 21.9. The van der Waals surface area contributed by atoms with E-state index in [4.69, 9.17) is 16.3 Å². The van der Waals surface area contributed by atoms with E-state index in [1.54, 1.807) is 63.4 Å². The van der Waals surface area contributed by atoms with Crippen molar-refractivity contribution in [3.63, 3.8) is 0 Å². The third kappa shape index (κ3) is 7.11. The van der Waals surface area contributed by atoms with Crippen LogP contribution in [-0.4, -0.2) is 57.1 Å². The van der Waals surface area contributed by atoms with E-state index in [1.807, 2.05) is 13.8 Å². The first kappa shape index (κ1) is 27.5. The molecular formula is C24H32ClN3O5S. The van der Waals surface area contributed by atoms with Crippen LogP contribution in [-0.2, 0) is 26.2 Å². The van der Waals surface area contributed by atoms with Gasteiger partial charge in [-0.25, -0.2) is 8.42 Å². The molecule has 2 aromatic rings. The van der Waals surface area contributed by atoms with Gasteiger partial charge in [0.05, 0.1) is 19.1 Å². The maximum Gasteiger partial charge on any atom is 0.244 e. The molecule has 8 nitrogen and oxygen atoms in total. The number of ether oxygens (including phenoxy) is 1. The molecule has 0 heterocycles. The summed E-state index contributed by atoms with van der Waals surface area (Å²) >= 11 is 6.20. The second-order valence-corrected chi connectivity index (χ2v) is 10.7. The highest BCUT2D eigenvalue weighted by Gasteiger charge is 2.31. The number of benzene rings is 2. The van der Waals surface area contributed by atoms with E-state index in [1.165, 1.54) is 4.90 Å². The molecule has 2 rings (SSSR count). The SMILES string of the molecule is COc1ccc(CN(C(=O)CN(c2cccc(Cl)c2C)S(C)(=O)=O)[C@H](C)C(=O)NC(C)C)cc1. The number of carbonyl (C=O) groups excluding carboxylic acids is 2. The molecule has 0 bridgehead atoms. The number of hydrogen-bond acceptors (Lipinski definition) is 5. The van der Waals surface area contributed by atoms with Gasteiger partial charge in [0.2, 0.25) is 21.8 Å². The summed E-state index contributed by atoms with van der Waals surface area (Å²) in [6.45, 7) is 6.60. The lowest BCUT2D eigenvalue weighted by Crippen LogP contribution is -2.52. The van der Waals surface area contributed by atoms with Gasteiger partial charge < -0.3 is 15.0 Å². The molecule has 0 saturated heterocycles. The van der Waals surface area contributed by atoms with Crippen LogP contribution in [0.5, 0.6) is 5.75 Å². The lowest BCUT2D eigenvalue weighted by atomic mass is 10.1. The van der Waals surface area contributed by atoms with Gasteiger partial charge >= 0.3 is 0 Å². The smallest absolute Gasteiger partial charge is 0.244 e. The lowest BCUT2D eigenvalue weighted by molar-refractivity contribution is -0.139. The molecule has 2 amide bonds. The van der Waals surface area contributed by atoms with Crippen LogP contribution in [0.3, 0.4) is 0 Å². The highest BCUT2D eigenvalue weighted by Crippen LogP contribution is 2.28. The number of amides is 2. The van der Waals surface area contributed by atoms with Gasteiger partial charge in [-0.1, -0.05) is 29.8 Å². The van der Waals surface area contributed by atoms with E-state index >= 15 is 0 Å². The molecule has 0 radical (unpaired) electrons. The van der Waals surface area contributed by atoms with E-state index in [9.17, 15) is 18.0 Å². The van der Waals surface area contributed by atoms with E-state index in [2.05, 4.69) is 5.32 Å². The normalized spacial score (nSPS) is 12.2. The van der Waals surface area contributed by atoms with Crippen molar-refractivity contribution in [3.8, 4) is 5.75 Å². The van der Waals surface area contributed by atoms with Gasteiger partial charge in [0.1, 0.15) is 18.3 Å². The molecule has 0 saturated carbocycles. The van der Waals surface area contributed by atoms with Crippen LogP contribution in [0.4, 0.5) is 5.69 Å². The number of halogens is 1. The summed E-state index contributed by atoms with van der Waals surface area (Å²) in [6, 6.07) is 11.0. The maximum atomic E-state index is 13.5. The number of rotatable bonds is 10. The van der Waals surface area contributed by atoms with Crippen molar-refractivity contribution in [1.82, 2.24) is 10.2 Å². The number of hydrogen-bond donors (Lipinski definition) is 1. The second kappa shape index (κ2) is 11.6. The molecule has 34 heavy (non-hydrogen) atoms. The average molecular weight is 510 g/mol. The zero-order valence-electron chi connectivity index (χ0n) is 20.3. The van der Waals surface area contributed by atoms with Gasteiger partial charge in [0, 0.05) is 17.6 Å². The largest absolute Gasteiger partial charge is 0.497 e. The van der Waals surface area contributed by atoms with Crippen LogP contribution >= 0.6 is 11.6 Å². The molecule has 0 aromatic heterocycles. The Balaban J connectivity index is 2.42. The van der Waals surface area contributed by atoms with Crippen LogP contribution in [0, 0.1) is 6.92 Å². The molecule has 1 atom stereocenters. The van der Waals surface area contributed by atoms with Crippen molar-refractivity contribution in [2.75, 3.05) is 24.2 Å². The summed E-state index contributed by atoms with van der Waals surface area (Å²) in [5.74, 6) is -0.194. The molecular weight excluding hydrogens is 478 g/mol. The summed E-state index contributed by atoms with van der Waals surface area (Å²) in [7, 11) is -2.27. The quantitative estimate of drug-likeness (QED) is 0.529. The second-order valence-electron chi connectivity index (χ2n) is 8.36. The molecule has 0 aliphatic heterocycles. The first-order valence-corrected chi connectivity index (χ1v) is 13.0. The monoisotopic (exact) mass is 509 g/mol. The van der Waals surface area contributed by atoms with E-state index in [0.717, 1.165) is 16.1 Å². The highest BCUT2D eigenvalue weighted by molar-refractivity contribution is 7.92. The van der Waals surface area contributed by atoms with Crippen molar-refractivity contribution < 1.29 is 22.7 Å². The number of methoxy groups -OCH3 is 1. The molecule has 0 aliphatic carbocycles. The maximum absolute atomic E-state index is 13.5. The van der Waals surface area contributed by atoms with Crippen molar-refractivity contribution in [3.05, 3.63) is 58.6 Å². The van der Waals surface area contributed by atoms with Gasteiger partial charge in [-0.05, 0) is 63.1 Å². The van der Waals surface area contributed by atoms with Gasteiger partial charge in [0.15, 0.2) is 0 Å². The molecule has 0 aliphatic rings. The average Bonchev–Trinajstić information content (AvgIpc) is 2.76. The Morgan fingerprint density at radius 1 is 1.09 bits per heavy atom. The summed E-state index contributed by atoms with van der Waals surface area (Å²) in [5.41, 5.74) is 1.62. The summed E-state index contributed by atoms with van der Waals surface area (Å²) in [4.78, 5) is 27.7. The van der Waals surface area contributed by atoms with E-state index in [0.29, 0.717) is 22.0 Å². The summed E-state index contributed by atoms with van der Waals surface area (Å²) < 4.78 is 31.5. The van der Waals surface area contributed by atoms with Crippen molar-refractivity contribution in [1.29, 1.82) is 0 Å². The summed E-state index contributed by atoms with van der Waals surface area (Å²) in [5, 5.41) is 3.20. The third-order valence-electron chi connectivity index (χ3n) is 5.30. The highest BCUT2D eigenvalue weighted by atomic mass is 35.5. The van der Waals surface area contributed by atoms with Gasteiger partial charge in [-0.15, -0.1) is 0 Å². The van der Waals surface area contributed by atoms with Gasteiger partial charge in [0.25, 0.3) is 0 Å². The fourth-order valence-corrected chi connectivity index (χ4v) is 4.45. The van der Waals surface area contributed by atoms with Crippen LogP contribution in [0.25, 0.3) is 0 Å². The van der Waals surface area contributed by atoms with E-state index in [-0.39, 0.29) is 18.5 Å². The van der Waals surface area contributed by atoms with E-state index < -0.39 is 28.5 Å². The number of nitrogens with zero attached hydrogens (tertiary/aromatic N) is 2. The molecule has 2 aromatic carbocycles. The van der Waals surface area contributed by atoms with Gasteiger partial charge in [-0.2, -0.15) is 0 Å². The standard InChI is InChI=1S/C24H32ClN3O5S/c1-16(2)26-24(30)18(4)27(14-19-10-12-20(33-5)13-11-19)23(29)15-28(34(6,31)32)22-9-7-8-21(25)17(22)3/h7-13,16,18H,14-15H2,1-6H3,(H,26,30)/t18-/m1/s1. The minimum absolute atomic E-state index is 0.113. The Morgan fingerprint density at radius 2 is 1.71 bits per heavy atom. The molecule has 0 fully saturated rings. The molecule has 186 valence electrons. The fourth-order valence-electron chi connectivity index (χ4n) is 3.38. The Bertz CT molecular complexity index is 1120. The van der Waals surface area contributed by atoms with Crippen molar-refractivity contribution >= 4 is 39.1 Å². The molecule has 0 unspecified atom stereocenters. The minimum atomic E-state index is -3.82. The molecule has 1 N–H and O–H groups in total. The molecule has 0 spiro atoms. The summed E-state index contributed by atoms with van der Waals surface area (Å²) in [6.07, 6.45) is 1.03. The number of nitrogens with one attached hydrogen (secondary N) is 1. The Labute approximate surface area is 206 Å². The van der Waals surface area contributed by atoms with Crippen molar-refractivity contribution in [2.24, 2.45) is 0 Å². The minimum Gasteiger partial charge on any atom is -0.497 e. The molecule has 10 heteroatoms. The number of sulfonamides is 1. The van der Waals surface area contributed by atoms with Crippen LogP contribution in [0.15, 0.2) is 42.5 Å². The topological polar surface area (TPSA) is 96.0 Å². The Morgan fingerprint density at radius 3 is 2.24 bits per heavy atom.